The molecule has 1 unspecified atom stereocenters. The van der Waals surface area contributed by atoms with E-state index in [1.165, 1.54) is 0 Å². The Bertz CT molecular complexity index is 1120. The Morgan fingerprint density at radius 3 is 2.30 bits per heavy atom. The molecule has 0 aliphatic rings. The van der Waals surface area contributed by atoms with E-state index >= 15 is 0 Å². The summed E-state index contributed by atoms with van der Waals surface area (Å²) in [5.74, 6) is -0.456. The molecule has 0 saturated heterocycles. The Labute approximate surface area is 175 Å². The number of aromatic nitrogens is 2. The van der Waals surface area contributed by atoms with Crippen molar-refractivity contribution in [2.45, 2.75) is 12.5 Å². The van der Waals surface area contributed by atoms with Crippen LogP contribution in [-0.4, -0.2) is 15.9 Å². The second-order valence-electron chi connectivity index (χ2n) is 6.96. The van der Waals surface area contributed by atoms with E-state index in [1.54, 1.807) is 18.5 Å². The van der Waals surface area contributed by atoms with Crippen molar-refractivity contribution in [1.82, 2.24) is 9.97 Å². The highest BCUT2D eigenvalue weighted by atomic mass is 16.1. The van der Waals surface area contributed by atoms with Gasteiger partial charge in [0.1, 0.15) is 5.82 Å². The summed E-state index contributed by atoms with van der Waals surface area (Å²) in [5.41, 5.74) is 10.2. The van der Waals surface area contributed by atoms with Crippen LogP contribution in [0.15, 0.2) is 97.3 Å². The molecule has 0 fully saturated rings. The second-order valence-corrected chi connectivity index (χ2v) is 6.96. The van der Waals surface area contributed by atoms with Gasteiger partial charge in [0.25, 0.3) is 0 Å². The van der Waals surface area contributed by atoms with E-state index in [1.807, 2.05) is 78.9 Å². The molecule has 0 aliphatic heterocycles. The molecule has 5 nitrogen and oxygen atoms in total. The summed E-state index contributed by atoms with van der Waals surface area (Å²) in [7, 11) is 0. The molecule has 0 saturated carbocycles. The van der Waals surface area contributed by atoms with Crippen molar-refractivity contribution in [1.29, 1.82) is 0 Å². The van der Waals surface area contributed by atoms with E-state index in [4.69, 9.17) is 10.7 Å². The highest BCUT2D eigenvalue weighted by Gasteiger charge is 2.24. The van der Waals surface area contributed by atoms with Crippen LogP contribution in [0.1, 0.15) is 22.6 Å². The molecule has 0 aliphatic carbocycles. The lowest BCUT2D eigenvalue weighted by Crippen LogP contribution is -2.24. The second kappa shape index (κ2) is 9.01. The number of nitrogens with zero attached hydrogens (tertiary/aromatic N) is 2. The van der Waals surface area contributed by atoms with Gasteiger partial charge in [-0.3, -0.25) is 9.78 Å². The first-order valence-corrected chi connectivity index (χ1v) is 9.76. The predicted molar refractivity (Wildman–Crippen MR) is 119 cm³/mol. The maximum atomic E-state index is 12.4. The molecule has 0 radical (unpaired) electrons. The van der Waals surface area contributed by atoms with Crippen LogP contribution in [-0.2, 0) is 11.3 Å². The van der Waals surface area contributed by atoms with Gasteiger partial charge in [-0.2, -0.15) is 0 Å². The molecule has 30 heavy (non-hydrogen) atoms. The average Bonchev–Trinajstić information content (AvgIpc) is 2.80. The number of pyridine rings is 2. The molecule has 5 heteroatoms. The molecule has 2 heterocycles. The van der Waals surface area contributed by atoms with E-state index in [-0.39, 0.29) is 0 Å². The Balaban J connectivity index is 1.77. The van der Waals surface area contributed by atoms with Crippen molar-refractivity contribution in [2.75, 3.05) is 5.32 Å². The fourth-order valence-electron chi connectivity index (χ4n) is 3.44. The van der Waals surface area contributed by atoms with Crippen LogP contribution < -0.4 is 11.1 Å². The number of carbonyl (C=O) groups excluding carboxylic acids is 1. The Hall–Kier alpha value is -3.99. The van der Waals surface area contributed by atoms with Gasteiger partial charge in [0.05, 0.1) is 11.6 Å². The minimum Gasteiger partial charge on any atom is -0.369 e. The molecule has 1 atom stereocenters. The van der Waals surface area contributed by atoms with Gasteiger partial charge in [-0.1, -0.05) is 72.8 Å². The Morgan fingerprint density at radius 2 is 1.63 bits per heavy atom. The molecule has 1 amide bonds. The van der Waals surface area contributed by atoms with Crippen molar-refractivity contribution in [3.8, 4) is 11.3 Å². The number of carbonyl (C=O) groups is 1. The molecule has 0 bridgehead atoms. The van der Waals surface area contributed by atoms with Crippen molar-refractivity contribution in [3.63, 3.8) is 0 Å². The van der Waals surface area contributed by atoms with Gasteiger partial charge >= 0.3 is 0 Å². The minimum absolute atomic E-state index is 0.444. The number of nitrogens with two attached hydrogens (primary N) is 1. The van der Waals surface area contributed by atoms with E-state index in [9.17, 15) is 4.79 Å². The van der Waals surface area contributed by atoms with Gasteiger partial charge in [-0.05, 0) is 23.3 Å². The highest BCUT2D eigenvalue weighted by molar-refractivity contribution is 5.87. The first kappa shape index (κ1) is 19.3. The van der Waals surface area contributed by atoms with Crippen LogP contribution in [0.4, 0.5) is 5.82 Å². The zero-order chi connectivity index (χ0) is 20.8. The van der Waals surface area contributed by atoms with Gasteiger partial charge < -0.3 is 11.1 Å². The van der Waals surface area contributed by atoms with Crippen LogP contribution in [0.25, 0.3) is 11.3 Å². The van der Waals surface area contributed by atoms with Gasteiger partial charge in [-0.25, -0.2) is 4.98 Å². The Morgan fingerprint density at radius 1 is 0.900 bits per heavy atom. The van der Waals surface area contributed by atoms with E-state index in [2.05, 4.69) is 10.3 Å². The molecule has 3 N–H and O–H groups in total. The lowest BCUT2D eigenvalue weighted by Gasteiger charge is -2.19. The molecule has 148 valence electrons. The summed E-state index contributed by atoms with van der Waals surface area (Å²) in [6.07, 6.45) is 3.34. The number of rotatable bonds is 7. The monoisotopic (exact) mass is 394 g/mol. The molecular formula is C25H22N4O. The van der Waals surface area contributed by atoms with Crippen LogP contribution in [0.5, 0.6) is 0 Å². The largest absolute Gasteiger partial charge is 0.369 e. The predicted octanol–water partition coefficient (Wildman–Crippen LogP) is 4.37. The average molecular weight is 394 g/mol. The molecule has 4 rings (SSSR count). The summed E-state index contributed by atoms with van der Waals surface area (Å²) in [6.45, 7) is 0.581. The molecular weight excluding hydrogens is 372 g/mol. The smallest absolute Gasteiger partial charge is 0.229 e. The summed E-state index contributed by atoms with van der Waals surface area (Å²) in [4.78, 5) is 21.4. The van der Waals surface area contributed by atoms with Crippen molar-refractivity contribution in [3.05, 3.63) is 114 Å². The third-order valence-electron chi connectivity index (χ3n) is 4.91. The molecule has 4 aromatic rings. The Kier molecular flexibility index (Phi) is 5.80. The number of benzene rings is 2. The summed E-state index contributed by atoms with van der Waals surface area (Å²) in [6, 6.07) is 27.5. The third kappa shape index (κ3) is 4.36. The summed E-state index contributed by atoms with van der Waals surface area (Å²) in [5, 5.41) is 3.41. The van der Waals surface area contributed by atoms with Crippen molar-refractivity contribution < 1.29 is 4.79 Å². The summed E-state index contributed by atoms with van der Waals surface area (Å²) < 4.78 is 0. The quantitative estimate of drug-likeness (QED) is 0.488. The third-order valence-corrected chi connectivity index (χ3v) is 4.91. The number of hydrogen-bond acceptors (Lipinski definition) is 4. The van der Waals surface area contributed by atoms with E-state index in [0.717, 1.165) is 27.9 Å². The normalized spacial score (nSPS) is 11.6. The van der Waals surface area contributed by atoms with Crippen molar-refractivity contribution in [2.24, 2.45) is 5.73 Å². The number of amides is 1. The number of primary amides is 1. The van der Waals surface area contributed by atoms with E-state index < -0.39 is 11.8 Å². The topological polar surface area (TPSA) is 80.9 Å². The first-order chi connectivity index (χ1) is 14.7. The van der Waals surface area contributed by atoms with Crippen LogP contribution in [0.2, 0.25) is 0 Å². The number of anilines is 1. The fourth-order valence-corrected chi connectivity index (χ4v) is 3.44. The maximum Gasteiger partial charge on any atom is 0.229 e. The van der Waals surface area contributed by atoms with E-state index in [0.29, 0.717) is 12.4 Å². The van der Waals surface area contributed by atoms with Gasteiger partial charge in [0, 0.05) is 30.1 Å². The van der Waals surface area contributed by atoms with Gasteiger partial charge in [-0.15, -0.1) is 0 Å². The fraction of sp³-hybridized carbons (Fsp3) is 0.0800. The van der Waals surface area contributed by atoms with Gasteiger partial charge in [0.15, 0.2) is 0 Å². The molecule has 0 spiro atoms. The first-order valence-electron chi connectivity index (χ1n) is 9.76. The van der Waals surface area contributed by atoms with Crippen molar-refractivity contribution >= 4 is 11.7 Å². The van der Waals surface area contributed by atoms with Gasteiger partial charge in [0.2, 0.25) is 5.91 Å². The number of hydrogen-bond donors (Lipinski definition) is 2. The highest BCUT2D eigenvalue weighted by Crippen LogP contribution is 2.31. The zero-order valence-electron chi connectivity index (χ0n) is 16.4. The minimum atomic E-state index is -0.644. The number of nitrogens with one attached hydrogen (secondary N) is 1. The molecule has 2 aromatic heterocycles. The SMILES string of the molecule is NC(=O)C(c1cccnc1)c1ccc(-c2ccccc2)nc1NCc1ccccc1. The maximum absolute atomic E-state index is 12.4. The van der Waals surface area contributed by atoms with Crippen LogP contribution in [0.3, 0.4) is 0 Å². The zero-order valence-corrected chi connectivity index (χ0v) is 16.4. The summed E-state index contributed by atoms with van der Waals surface area (Å²) >= 11 is 0. The lowest BCUT2D eigenvalue weighted by atomic mass is 9.91. The molecule has 2 aromatic carbocycles. The van der Waals surface area contributed by atoms with Crippen LogP contribution in [0, 0.1) is 0 Å². The standard InChI is InChI=1S/C25H22N4O/c26-24(30)23(20-12-7-15-27-17-20)21-13-14-22(19-10-5-2-6-11-19)29-25(21)28-16-18-8-3-1-4-9-18/h1-15,17,23H,16H2,(H2,26,30)(H,28,29). The lowest BCUT2D eigenvalue weighted by molar-refractivity contribution is -0.118. The van der Waals surface area contributed by atoms with Crippen LogP contribution >= 0.6 is 0 Å².